The molecule has 0 unspecified atom stereocenters. The number of alkyl halides is 3. The van der Waals surface area contributed by atoms with E-state index in [1.807, 2.05) is 0 Å². The average molecular weight is 381 g/mol. The van der Waals surface area contributed by atoms with Gasteiger partial charge in [-0.2, -0.15) is 13.2 Å². The Labute approximate surface area is 150 Å². The van der Waals surface area contributed by atoms with Crippen molar-refractivity contribution >= 4 is 33.1 Å². The molecule has 1 amide bonds. The van der Waals surface area contributed by atoms with Crippen LogP contribution >= 0.6 is 11.3 Å². The van der Waals surface area contributed by atoms with Gasteiger partial charge in [0.15, 0.2) is 0 Å². The molecule has 0 radical (unpaired) electrons. The highest BCUT2D eigenvalue weighted by molar-refractivity contribution is 7.16. The first-order valence-electron chi connectivity index (χ1n) is 7.66. The van der Waals surface area contributed by atoms with Gasteiger partial charge in [0.1, 0.15) is 4.83 Å². The number of nitrogens with zero attached hydrogens (tertiary/aromatic N) is 2. The van der Waals surface area contributed by atoms with E-state index in [4.69, 9.17) is 0 Å². The van der Waals surface area contributed by atoms with Crippen LogP contribution in [0.5, 0.6) is 0 Å². The van der Waals surface area contributed by atoms with Gasteiger partial charge in [-0.05, 0) is 36.1 Å². The van der Waals surface area contributed by atoms with Crippen LogP contribution in [-0.2, 0) is 17.5 Å². The Balaban J connectivity index is 1.69. The summed E-state index contributed by atoms with van der Waals surface area (Å²) in [4.78, 5) is 29.0. The number of nitrogens with one attached hydrogen (secondary N) is 1. The molecule has 3 aromatic rings. The number of rotatable bonds is 4. The monoisotopic (exact) mass is 381 g/mol. The van der Waals surface area contributed by atoms with Crippen molar-refractivity contribution in [3.05, 3.63) is 57.5 Å². The van der Waals surface area contributed by atoms with E-state index in [0.717, 1.165) is 6.07 Å². The Hall–Kier alpha value is -2.68. The summed E-state index contributed by atoms with van der Waals surface area (Å²) in [5, 5.41) is 4.66. The number of carbonyl (C=O) groups excluding carboxylic acids is 1. The molecule has 3 rings (SSSR count). The molecule has 0 aliphatic heterocycles. The fourth-order valence-corrected chi connectivity index (χ4v) is 3.23. The van der Waals surface area contributed by atoms with Crippen LogP contribution in [0.3, 0.4) is 0 Å². The summed E-state index contributed by atoms with van der Waals surface area (Å²) in [6.07, 6.45) is -3.19. The van der Waals surface area contributed by atoms with Crippen molar-refractivity contribution in [3.63, 3.8) is 0 Å². The Morgan fingerprint density at radius 3 is 2.81 bits per heavy atom. The predicted molar refractivity (Wildman–Crippen MR) is 93.3 cm³/mol. The topological polar surface area (TPSA) is 64.0 Å². The van der Waals surface area contributed by atoms with Gasteiger partial charge >= 0.3 is 6.18 Å². The van der Waals surface area contributed by atoms with Gasteiger partial charge in [-0.15, -0.1) is 11.3 Å². The van der Waals surface area contributed by atoms with Gasteiger partial charge in [-0.3, -0.25) is 14.2 Å². The molecule has 0 saturated carbocycles. The number of amides is 1. The van der Waals surface area contributed by atoms with Crippen molar-refractivity contribution in [2.75, 3.05) is 5.32 Å². The van der Waals surface area contributed by atoms with E-state index in [1.54, 1.807) is 11.4 Å². The smallest absolute Gasteiger partial charge is 0.326 e. The molecule has 0 atom stereocenters. The molecule has 5 nitrogen and oxygen atoms in total. The van der Waals surface area contributed by atoms with Crippen LogP contribution in [-0.4, -0.2) is 15.5 Å². The zero-order valence-corrected chi connectivity index (χ0v) is 14.4. The molecule has 26 heavy (non-hydrogen) atoms. The van der Waals surface area contributed by atoms with Crippen LogP contribution in [0.2, 0.25) is 0 Å². The minimum atomic E-state index is -4.49. The van der Waals surface area contributed by atoms with Crippen molar-refractivity contribution in [2.45, 2.75) is 26.1 Å². The van der Waals surface area contributed by atoms with Gasteiger partial charge in [0, 0.05) is 18.7 Å². The summed E-state index contributed by atoms with van der Waals surface area (Å²) in [5.74, 6) is -0.487. The second kappa shape index (κ2) is 6.91. The SMILES string of the molecule is Cc1ccc(NC(=O)CCn2cnc3sccc3c2=O)cc1C(F)(F)F. The first kappa shape index (κ1) is 18.1. The summed E-state index contributed by atoms with van der Waals surface area (Å²) in [5.41, 5.74) is -0.902. The highest BCUT2D eigenvalue weighted by Gasteiger charge is 2.32. The fourth-order valence-electron chi connectivity index (χ4n) is 2.50. The summed E-state index contributed by atoms with van der Waals surface area (Å²) in [6.45, 7) is 1.44. The number of aromatic nitrogens is 2. The largest absolute Gasteiger partial charge is 0.416 e. The third-order valence-corrected chi connectivity index (χ3v) is 4.68. The van der Waals surface area contributed by atoms with E-state index in [9.17, 15) is 22.8 Å². The van der Waals surface area contributed by atoms with E-state index in [2.05, 4.69) is 10.3 Å². The summed E-state index contributed by atoms with van der Waals surface area (Å²) in [6, 6.07) is 5.28. The lowest BCUT2D eigenvalue weighted by Crippen LogP contribution is -2.23. The van der Waals surface area contributed by atoms with E-state index >= 15 is 0 Å². The minimum absolute atomic E-state index is 0.0617. The van der Waals surface area contributed by atoms with E-state index in [-0.39, 0.29) is 29.8 Å². The molecule has 136 valence electrons. The minimum Gasteiger partial charge on any atom is -0.326 e. The van der Waals surface area contributed by atoms with Crippen molar-refractivity contribution in [2.24, 2.45) is 0 Å². The van der Waals surface area contributed by atoms with Gasteiger partial charge < -0.3 is 5.32 Å². The molecule has 0 fully saturated rings. The van der Waals surface area contributed by atoms with Crippen molar-refractivity contribution in [1.82, 2.24) is 9.55 Å². The van der Waals surface area contributed by atoms with Gasteiger partial charge in [-0.25, -0.2) is 4.98 Å². The molecule has 0 bridgehead atoms. The molecular formula is C17H14F3N3O2S. The van der Waals surface area contributed by atoms with Crippen molar-refractivity contribution in [1.29, 1.82) is 0 Å². The zero-order valence-electron chi connectivity index (χ0n) is 13.6. The number of anilines is 1. The molecule has 2 aromatic heterocycles. The number of aryl methyl sites for hydroxylation is 2. The maximum absolute atomic E-state index is 12.9. The molecule has 0 aliphatic carbocycles. The number of carbonyl (C=O) groups is 1. The Kier molecular flexibility index (Phi) is 4.82. The van der Waals surface area contributed by atoms with Gasteiger partial charge in [-0.1, -0.05) is 6.07 Å². The molecule has 0 spiro atoms. The molecule has 1 N–H and O–H groups in total. The lowest BCUT2D eigenvalue weighted by molar-refractivity contribution is -0.138. The van der Waals surface area contributed by atoms with Crippen molar-refractivity contribution in [3.8, 4) is 0 Å². The van der Waals surface area contributed by atoms with Crippen LogP contribution in [0.25, 0.3) is 10.2 Å². The van der Waals surface area contributed by atoms with Crippen LogP contribution in [0.15, 0.2) is 40.8 Å². The van der Waals surface area contributed by atoms with Crippen LogP contribution in [0.1, 0.15) is 17.5 Å². The molecule has 2 heterocycles. The third-order valence-electron chi connectivity index (χ3n) is 3.86. The Morgan fingerprint density at radius 1 is 1.31 bits per heavy atom. The van der Waals surface area contributed by atoms with Crippen LogP contribution in [0, 0.1) is 6.92 Å². The average Bonchev–Trinajstić information content (AvgIpc) is 3.04. The lowest BCUT2D eigenvalue weighted by atomic mass is 10.1. The highest BCUT2D eigenvalue weighted by atomic mass is 32.1. The lowest BCUT2D eigenvalue weighted by Gasteiger charge is -2.13. The summed E-state index contributed by atoms with van der Waals surface area (Å²) < 4.78 is 40.1. The van der Waals surface area contributed by atoms with Crippen molar-refractivity contribution < 1.29 is 18.0 Å². The van der Waals surface area contributed by atoms with Gasteiger partial charge in [0.2, 0.25) is 5.91 Å². The Bertz CT molecular complexity index is 1020. The first-order chi connectivity index (χ1) is 12.3. The van der Waals surface area contributed by atoms with Crippen LogP contribution < -0.4 is 10.9 Å². The quantitative estimate of drug-likeness (QED) is 0.747. The van der Waals surface area contributed by atoms with E-state index in [0.29, 0.717) is 10.2 Å². The number of fused-ring (bicyclic) bond motifs is 1. The highest BCUT2D eigenvalue weighted by Crippen LogP contribution is 2.33. The Morgan fingerprint density at radius 2 is 2.08 bits per heavy atom. The molecule has 0 aliphatic rings. The predicted octanol–water partition coefficient (Wildman–Crippen LogP) is 3.81. The maximum atomic E-state index is 12.9. The molecule has 9 heteroatoms. The number of hydrogen-bond acceptors (Lipinski definition) is 4. The molecule has 0 saturated heterocycles. The number of thiophene rings is 1. The van der Waals surface area contributed by atoms with Gasteiger partial charge in [0.05, 0.1) is 17.3 Å². The maximum Gasteiger partial charge on any atom is 0.416 e. The number of halogens is 3. The number of hydrogen-bond donors (Lipinski definition) is 1. The normalized spacial score (nSPS) is 11.7. The third kappa shape index (κ3) is 3.77. The van der Waals surface area contributed by atoms with E-state index < -0.39 is 17.6 Å². The molecule has 1 aromatic carbocycles. The van der Waals surface area contributed by atoms with Gasteiger partial charge in [0.25, 0.3) is 5.56 Å². The second-order valence-corrected chi connectivity index (χ2v) is 6.60. The second-order valence-electron chi connectivity index (χ2n) is 5.71. The zero-order chi connectivity index (χ0) is 18.9. The fraction of sp³-hybridized carbons (Fsp3) is 0.235. The van der Waals surface area contributed by atoms with Crippen LogP contribution in [0.4, 0.5) is 18.9 Å². The standard InChI is InChI=1S/C17H14F3N3O2S/c1-10-2-3-11(8-13(10)17(18,19)20)22-14(24)4-6-23-9-21-15-12(16(23)25)5-7-26-15/h2-3,5,7-9H,4,6H2,1H3,(H,22,24). The number of benzene rings is 1. The van der Waals surface area contributed by atoms with E-state index in [1.165, 1.54) is 41.3 Å². The summed E-state index contributed by atoms with van der Waals surface area (Å²) in [7, 11) is 0. The first-order valence-corrected chi connectivity index (χ1v) is 8.54. The summed E-state index contributed by atoms with van der Waals surface area (Å²) >= 11 is 1.35. The molecular weight excluding hydrogens is 367 g/mol.